The quantitative estimate of drug-likeness (QED) is 0.102. The zero-order chi connectivity index (χ0) is 42.3. The summed E-state index contributed by atoms with van der Waals surface area (Å²) in [6, 6.07) is 6.69. The summed E-state index contributed by atoms with van der Waals surface area (Å²) >= 11 is 0. The van der Waals surface area contributed by atoms with E-state index in [4.69, 9.17) is 19.6 Å². The first-order valence-electron chi connectivity index (χ1n) is 21.2. The molecule has 5 aliphatic rings. The molecule has 0 saturated carbocycles. The van der Waals surface area contributed by atoms with Crippen molar-refractivity contribution in [2.45, 2.75) is 96.1 Å². The number of rotatable bonds is 10. The van der Waals surface area contributed by atoms with E-state index in [0.29, 0.717) is 73.5 Å². The molecule has 6 atom stereocenters. The second-order valence-corrected chi connectivity index (χ2v) is 16.8. The summed E-state index contributed by atoms with van der Waals surface area (Å²) in [6.45, 7) is 7.17. The van der Waals surface area contributed by atoms with Crippen LogP contribution in [-0.2, 0) is 35.4 Å². The number of ether oxygens (including phenoxy) is 2. The molecular weight excluding hydrogens is 763 g/mol. The van der Waals surface area contributed by atoms with E-state index in [-0.39, 0.29) is 52.7 Å². The van der Waals surface area contributed by atoms with E-state index in [1.54, 1.807) is 18.2 Å². The van der Waals surface area contributed by atoms with Gasteiger partial charge in [-0.3, -0.25) is 10.1 Å². The molecule has 5 heterocycles. The van der Waals surface area contributed by atoms with Crippen molar-refractivity contribution in [1.29, 1.82) is 0 Å². The molecule has 60 heavy (non-hydrogen) atoms. The Labute approximate surface area is 350 Å². The number of phenolic OH excluding ortho intramolecular Hbond substituents is 2. The minimum Gasteiger partial charge on any atom is -0.508 e. The fourth-order valence-corrected chi connectivity index (χ4v) is 10.1. The van der Waals surface area contributed by atoms with E-state index < -0.39 is 35.6 Å². The van der Waals surface area contributed by atoms with Gasteiger partial charge < -0.3 is 50.9 Å². The monoisotopic (exact) mass is 819 g/mol. The van der Waals surface area contributed by atoms with Crippen molar-refractivity contribution < 1.29 is 34.0 Å². The van der Waals surface area contributed by atoms with Gasteiger partial charge in [0, 0.05) is 53.8 Å². The number of fused-ring (bicyclic) bond motifs is 5. The number of hydrogen-bond donors (Lipinski definition) is 8. The van der Waals surface area contributed by atoms with Crippen molar-refractivity contribution in [3.63, 3.8) is 0 Å². The number of esters is 1. The van der Waals surface area contributed by atoms with E-state index in [0.717, 1.165) is 40.8 Å². The third-order valence-electron chi connectivity index (χ3n) is 13.3. The third kappa shape index (κ3) is 7.47. The average Bonchev–Trinajstić information content (AvgIpc) is 3.29. The lowest BCUT2D eigenvalue weighted by Gasteiger charge is -2.49. The zero-order valence-electron chi connectivity index (χ0n) is 34.8. The molecule has 3 aromatic rings. The van der Waals surface area contributed by atoms with Gasteiger partial charge in [-0.1, -0.05) is 31.2 Å². The topological polar surface area (TPSA) is 201 Å². The molecule has 2 aromatic carbocycles. The molecular formula is C47H57N5O8. The second kappa shape index (κ2) is 16.9. The minimum atomic E-state index is -1.19. The number of phenols is 2. The molecule has 0 saturated heterocycles. The number of likely N-dealkylation sites (N-methyl/N-ethyl adjacent to an activating group) is 1. The van der Waals surface area contributed by atoms with Crippen LogP contribution < -0.4 is 37.2 Å². The van der Waals surface area contributed by atoms with Crippen LogP contribution in [0.15, 0.2) is 92.1 Å². The zero-order valence-corrected chi connectivity index (χ0v) is 34.8. The Morgan fingerprint density at radius 2 is 2.02 bits per heavy atom. The van der Waals surface area contributed by atoms with Gasteiger partial charge in [0.2, 0.25) is 0 Å². The number of nitrogens with one attached hydrogen (secondary N) is 4. The number of aliphatic hydroxyl groups is 1. The number of nitrogens with two attached hydrogens (primary N) is 1. The second-order valence-electron chi connectivity index (χ2n) is 16.8. The molecule has 1 unspecified atom stereocenters. The van der Waals surface area contributed by atoms with Crippen LogP contribution in [-0.4, -0.2) is 65.8 Å². The Kier molecular flexibility index (Phi) is 11.6. The van der Waals surface area contributed by atoms with Crippen LogP contribution in [0.5, 0.6) is 17.2 Å². The average molecular weight is 820 g/mol. The smallest absolute Gasteiger partial charge is 0.334 e. The van der Waals surface area contributed by atoms with Crippen molar-refractivity contribution >= 4 is 16.9 Å². The maximum absolute atomic E-state index is 14.2. The number of allylic oxidation sites excluding steroid dienone is 5. The molecule has 9 N–H and O–H groups in total. The molecule has 13 nitrogen and oxygen atoms in total. The Morgan fingerprint density at radius 1 is 1.18 bits per heavy atom. The van der Waals surface area contributed by atoms with E-state index in [9.17, 15) is 24.9 Å². The number of carbonyl (C=O) groups excluding carboxylic acids is 1. The number of aromatic hydroxyl groups is 2. The fraction of sp³-hybridized carbons (Fsp3) is 0.447. The predicted molar refractivity (Wildman–Crippen MR) is 229 cm³/mol. The van der Waals surface area contributed by atoms with Gasteiger partial charge in [-0.15, -0.1) is 0 Å². The maximum atomic E-state index is 14.2. The molecule has 0 spiro atoms. The molecule has 0 amide bonds. The van der Waals surface area contributed by atoms with Crippen molar-refractivity contribution in [3.8, 4) is 17.2 Å². The van der Waals surface area contributed by atoms with E-state index in [2.05, 4.69) is 46.4 Å². The van der Waals surface area contributed by atoms with Crippen LogP contribution in [0, 0.1) is 11.8 Å². The molecule has 0 radical (unpaired) electrons. The van der Waals surface area contributed by atoms with Crippen LogP contribution in [0.3, 0.4) is 0 Å². The SMILES string of the molecule is C/C=C(/CCNC)C(=O)O[C@@H]1Cc2c3c(c4oc(CO)cc(=O)c4c2O)[C@H]2Cc4cc(O)ccc4CC[C@@H](C[C@H](CC4=CNC(NCC)C=C4)[C@]1(C)O3)C1=C(N)NCC=C12. The number of benzene rings is 2. The van der Waals surface area contributed by atoms with Crippen molar-refractivity contribution in [2.24, 2.45) is 17.6 Å². The van der Waals surface area contributed by atoms with Gasteiger partial charge in [0.25, 0.3) is 0 Å². The molecule has 0 fully saturated rings. The minimum absolute atomic E-state index is 0.0178. The van der Waals surface area contributed by atoms with E-state index in [1.807, 2.05) is 33.2 Å². The van der Waals surface area contributed by atoms with Gasteiger partial charge in [0.1, 0.15) is 58.1 Å². The van der Waals surface area contributed by atoms with Gasteiger partial charge in [-0.25, -0.2) is 4.79 Å². The Morgan fingerprint density at radius 3 is 2.75 bits per heavy atom. The van der Waals surface area contributed by atoms with Gasteiger partial charge in [-0.05, 0) is 124 Å². The third-order valence-corrected chi connectivity index (χ3v) is 13.3. The molecule has 4 bridgehead atoms. The van der Waals surface area contributed by atoms with Crippen molar-refractivity contribution in [2.75, 3.05) is 26.7 Å². The largest absolute Gasteiger partial charge is 0.508 e. The van der Waals surface area contributed by atoms with Crippen LogP contribution in [0.1, 0.15) is 80.4 Å². The fourth-order valence-electron chi connectivity index (χ4n) is 10.1. The first kappa shape index (κ1) is 41.2. The predicted octanol–water partition coefficient (Wildman–Crippen LogP) is 4.84. The van der Waals surface area contributed by atoms with Crippen LogP contribution in [0.4, 0.5) is 0 Å². The first-order chi connectivity index (χ1) is 29.0. The highest BCUT2D eigenvalue weighted by Gasteiger charge is 2.54. The van der Waals surface area contributed by atoms with E-state index in [1.165, 1.54) is 6.07 Å². The van der Waals surface area contributed by atoms with Gasteiger partial charge >= 0.3 is 5.97 Å². The molecule has 8 rings (SSSR count). The lowest BCUT2D eigenvalue weighted by Crippen LogP contribution is -2.57. The highest BCUT2D eigenvalue weighted by atomic mass is 16.6. The molecule has 1 aromatic heterocycles. The standard InChI is InChI=1S/C47H57N5O8/c1-5-26(13-15-49-4)46(57)59-37-22-35-42(56)41-36(55)21-32(24-53)58-44(41)40-34-20-29-19-31(54)11-10-27(29)8-9-28(39-33(34)14-16-51-45(39)48)18-30(47(37,3)60-43(35)40)17-25-7-12-38(50-6-2)52-23-25/h5,7,10-12,14,19,21,23,28,30,34,37-38,49-54,56H,6,8-9,13,15-18,20,22,24,48H2,1-4H3/b26-5-/t28-,30-,34-,37+,38?,47-/m0/s1. The van der Waals surface area contributed by atoms with Crippen LogP contribution >= 0.6 is 0 Å². The summed E-state index contributed by atoms with van der Waals surface area (Å²) in [5, 5.41) is 46.9. The summed E-state index contributed by atoms with van der Waals surface area (Å²) < 4.78 is 20.5. The lowest BCUT2D eigenvalue weighted by molar-refractivity contribution is -0.165. The van der Waals surface area contributed by atoms with Crippen molar-refractivity contribution in [3.05, 3.63) is 121 Å². The summed E-state index contributed by atoms with van der Waals surface area (Å²) in [7, 11) is 1.83. The Bertz CT molecular complexity index is 2410. The van der Waals surface area contributed by atoms with Crippen LogP contribution in [0.25, 0.3) is 11.0 Å². The summed E-state index contributed by atoms with van der Waals surface area (Å²) in [6.07, 6.45) is 12.7. The van der Waals surface area contributed by atoms with E-state index >= 15 is 0 Å². The van der Waals surface area contributed by atoms with Gasteiger partial charge in [-0.2, -0.15) is 0 Å². The summed E-state index contributed by atoms with van der Waals surface area (Å²) in [5.74, 6) is -0.653. The molecule has 1 aliphatic carbocycles. The van der Waals surface area contributed by atoms with Gasteiger partial charge in [0.15, 0.2) is 5.43 Å². The lowest BCUT2D eigenvalue weighted by atomic mass is 9.67. The first-order valence-corrected chi connectivity index (χ1v) is 21.2. The number of hydrogen-bond acceptors (Lipinski definition) is 13. The highest BCUT2D eigenvalue weighted by molar-refractivity contribution is 5.92. The highest BCUT2D eigenvalue weighted by Crippen LogP contribution is 2.56. The number of dihydropyridines is 2. The van der Waals surface area contributed by atoms with Gasteiger partial charge in [0.05, 0.1) is 6.17 Å². The van der Waals surface area contributed by atoms with Crippen LogP contribution in [0.2, 0.25) is 0 Å². The Balaban J connectivity index is 1.43. The summed E-state index contributed by atoms with van der Waals surface area (Å²) in [5.41, 5.74) is 11.8. The molecule has 318 valence electrons. The summed E-state index contributed by atoms with van der Waals surface area (Å²) in [4.78, 5) is 28.3. The molecule has 4 aliphatic heterocycles. The number of carbonyl (C=O) groups is 1. The maximum Gasteiger partial charge on any atom is 0.334 e. The normalized spacial score (nSPS) is 25.9. The Hall–Kier alpha value is -5.50. The number of aliphatic hydroxyl groups excluding tert-OH is 1. The van der Waals surface area contributed by atoms with Crippen molar-refractivity contribution in [1.82, 2.24) is 21.3 Å². The number of aryl methyl sites for hydroxylation is 1. The molecule has 13 heteroatoms.